The third-order valence-corrected chi connectivity index (χ3v) is 6.06. The summed E-state index contributed by atoms with van der Waals surface area (Å²) in [5, 5.41) is 3.59. The molecule has 2 aromatic heterocycles. The van der Waals surface area contributed by atoms with Crippen LogP contribution in [-0.4, -0.2) is 41.5 Å². The number of fused-ring (bicyclic) bond motifs is 1. The van der Waals surface area contributed by atoms with E-state index in [4.69, 9.17) is 4.74 Å². The van der Waals surface area contributed by atoms with E-state index in [1.165, 1.54) is 11.3 Å². The van der Waals surface area contributed by atoms with Crippen LogP contribution in [0, 0.1) is 5.92 Å². The number of carbonyl (C=O) groups is 2. The molecule has 4 rings (SSSR count). The van der Waals surface area contributed by atoms with E-state index in [1.807, 2.05) is 43.3 Å². The molecular formula is C22H24N4O3S. The van der Waals surface area contributed by atoms with E-state index < -0.39 is 0 Å². The molecule has 1 aromatic carbocycles. The predicted molar refractivity (Wildman–Crippen MR) is 117 cm³/mol. The Kier molecular flexibility index (Phi) is 6.23. The molecule has 1 unspecified atom stereocenters. The van der Waals surface area contributed by atoms with E-state index in [9.17, 15) is 9.59 Å². The van der Waals surface area contributed by atoms with Gasteiger partial charge in [0.1, 0.15) is 5.75 Å². The molecule has 0 aliphatic carbocycles. The number of aryl methyl sites for hydroxylation is 1. The number of aromatic nitrogens is 2. The summed E-state index contributed by atoms with van der Waals surface area (Å²) in [5.74, 6) is 0.300. The van der Waals surface area contributed by atoms with Crippen LogP contribution in [0.4, 0.5) is 5.13 Å². The van der Waals surface area contributed by atoms with Gasteiger partial charge in [-0.05, 0) is 50.1 Å². The van der Waals surface area contributed by atoms with Crippen molar-refractivity contribution in [2.45, 2.75) is 26.2 Å². The lowest BCUT2D eigenvalue weighted by atomic mass is 10.1. The van der Waals surface area contributed by atoms with Gasteiger partial charge in [-0.1, -0.05) is 17.4 Å². The molecule has 0 radical (unpaired) electrons. The van der Waals surface area contributed by atoms with Gasteiger partial charge in [0, 0.05) is 31.4 Å². The van der Waals surface area contributed by atoms with Crippen molar-refractivity contribution in [3.63, 3.8) is 0 Å². The van der Waals surface area contributed by atoms with Crippen LogP contribution in [0.1, 0.15) is 25.5 Å². The van der Waals surface area contributed by atoms with Gasteiger partial charge in [0.15, 0.2) is 5.13 Å². The smallest absolute Gasteiger partial charge is 0.229 e. The Bertz CT molecular complexity index is 1040. The van der Waals surface area contributed by atoms with Crippen molar-refractivity contribution in [3.05, 3.63) is 48.3 Å². The third kappa shape index (κ3) is 4.59. The van der Waals surface area contributed by atoms with Crippen LogP contribution in [0.25, 0.3) is 10.2 Å². The van der Waals surface area contributed by atoms with Crippen molar-refractivity contribution in [3.8, 4) is 5.75 Å². The van der Waals surface area contributed by atoms with Gasteiger partial charge in [0.2, 0.25) is 11.8 Å². The molecule has 1 fully saturated rings. The summed E-state index contributed by atoms with van der Waals surface area (Å²) >= 11 is 1.45. The van der Waals surface area contributed by atoms with Gasteiger partial charge in [-0.2, -0.15) is 0 Å². The summed E-state index contributed by atoms with van der Waals surface area (Å²) in [5.41, 5.74) is 1.84. The summed E-state index contributed by atoms with van der Waals surface area (Å²) in [6.07, 6.45) is 3.61. The van der Waals surface area contributed by atoms with Crippen molar-refractivity contribution in [1.82, 2.24) is 15.3 Å². The van der Waals surface area contributed by atoms with Gasteiger partial charge >= 0.3 is 0 Å². The molecule has 0 bridgehead atoms. The zero-order valence-corrected chi connectivity index (χ0v) is 17.7. The van der Waals surface area contributed by atoms with Gasteiger partial charge in [-0.3, -0.25) is 19.5 Å². The summed E-state index contributed by atoms with van der Waals surface area (Å²) in [6, 6.07) is 11.5. The second-order valence-electron chi connectivity index (χ2n) is 7.18. The second-order valence-corrected chi connectivity index (χ2v) is 8.19. The zero-order chi connectivity index (χ0) is 20.9. The molecule has 7 nitrogen and oxygen atoms in total. The molecule has 0 spiro atoms. The van der Waals surface area contributed by atoms with E-state index in [0.29, 0.717) is 24.8 Å². The number of ether oxygens (including phenoxy) is 1. The average molecular weight is 425 g/mol. The van der Waals surface area contributed by atoms with E-state index >= 15 is 0 Å². The fourth-order valence-corrected chi connectivity index (χ4v) is 4.52. The fraction of sp³-hybridized carbons (Fsp3) is 0.364. The summed E-state index contributed by atoms with van der Waals surface area (Å²) < 4.78 is 6.50. The fourth-order valence-electron chi connectivity index (χ4n) is 3.50. The second kappa shape index (κ2) is 9.21. The van der Waals surface area contributed by atoms with Gasteiger partial charge in [-0.25, -0.2) is 4.98 Å². The quantitative estimate of drug-likeness (QED) is 0.562. The molecule has 1 aliphatic heterocycles. The van der Waals surface area contributed by atoms with Crippen molar-refractivity contribution in [2.24, 2.45) is 5.92 Å². The number of benzene rings is 1. The van der Waals surface area contributed by atoms with Crippen LogP contribution < -0.4 is 15.0 Å². The number of amides is 2. The molecular weight excluding hydrogens is 400 g/mol. The Labute approximate surface area is 179 Å². The summed E-state index contributed by atoms with van der Waals surface area (Å²) in [4.78, 5) is 35.5. The Morgan fingerprint density at radius 1 is 1.33 bits per heavy atom. The lowest BCUT2D eigenvalue weighted by molar-refractivity contribution is -0.126. The van der Waals surface area contributed by atoms with Crippen molar-refractivity contribution in [1.29, 1.82) is 0 Å². The maximum atomic E-state index is 12.5. The zero-order valence-electron chi connectivity index (χ0n) is 16.8. The number of nitrogens with one attached hydrogen (secondary N) is 1. The maximum Gasteiger partial charge on any atom is 0.229 e. The van der Waals surface area contributed by atoms with Crippen molar-refractivity contribution in [2.75, 3.05) is 24.6 Å². The highest BCUT2D eigenvalue weighted by Gasteiger charge is 2.36. The highest BCUT2D eigenvalue weighted by atomic mass is 32.1. The summed E-state index contributed by atoms with van der Waals surface area (Å²) in [7, 11) is 0. The number of nitrogens with zero attached hydrogens (tertiary/aromatic N) is 3. The molecule has 30 heavy (non-hydrogen) atoms. The highest BCUT2D eigenvalue weighted by molar-refractivity contribution is 7.22. The van der Waals surface area contributed by atoms with Crippen molar-refractivity contribution >= 4 is 38.5 Å². The van der Waals surface area contributed by atoms with Gasteiger partial charge in [0.05, 0.1) is 22.7 Å². The molecule has 1 aliphatic rings. The molecule has 1 saturated heterocycles. The highest BCUT2D eigenvalue weighted by Crippen LogP contribution is 2.34. The van der Waals surface area contributed by atoms with E-state index in [0.717, 1.165) is 34.5 Å². The van der Waals surface area contributed by atoms with E-state index in [-0.39, 0.29) is 24.2 Å². The number of pyridine rings is 1. The Hall–Kier alpha value is -3.00. The van der Waals surface area contributed by atoms with Crippen LogP contribution in [-0.2, 0) is 16.0 Å². The number of rotatable bonds is 8. The third-order valence-electron chi connectivity index (χ3n) is 5.02. The summed E-state index contributed by atoms with van der Waals surface area (Å²) in [6.45, 7) is 3.47. The minimum atomic E-state index is -0.349. The molecule has 3 aromatic rings. The molecule has 156 valence electrons. The molecule has 1 N–H and O–H groups in total. The van der Waals surface area contributed by atoms with E-state index in [1.54, 1.807) is 11.1 Å². The predicted octanol–water partition coefficient (Wildman–Crippen LogP) is 3.19. The molecule has 3 heterocycles. The Morgan fingerprint density at radius 2 is 2.23 bits per heavy atom. The van der Waals surface area contributed by atoms with Crippen molar-refractivity contribution < 1.29 is 14.3 Å². The maximum absolute atomic E-state index is 12.5. The van der Waals surface area contributed by atoms with Crippen LogP contribution in [0.3, 0.4) is 0 Å². The largest absolute Gasteiger partial charge is 0.494 e. The molecule has 8 heteroatoms. The molecule has 1 atom stereocenters. The van der Waals surface area contributed by atoms with Gasteiger partial charge in [0.25, 0.3) is 0 Å². The van der Waals surface area contributed by atoms with E-state index in [2.05, 4.69) is 15.3 Å². The number of hydrogen-bond donors (Lipinski definition) is 1. The van der Waals surface area contributed by atoms with Crippen LogP contribution >= 0.6 is 11.3 Å². The number of carbonyl (C=O) groups excluding carboxylic acids is 2. The number of thiazole rings is 1. The number of hydrogen-bond acceptors (Lipinski definition) is 6. The lowest BCUT2D eigenvalue weighted by Gasteiger charge is -2.13. The van der Waals surface area contributed by atoms with Crippen LogP contribution in [0.2, 0.25) is 0 Å². The average Bonchev–Trinajstić information content (AvgIpc) is 3.35. The number of anilines is 1. The minimum absolute atomic E-state index is 0.0623. The van der Waals surface area contributed by atoms with Crippen LogP contribution in [0.15, 0.2) is 42.6 Å². The van der Waals surface area contributed by atoms with Gasteiger partial charge in [-0.15, -0.1) is 0 Å². The monoisotopic (exact) mass is 424 g/mol. The first-order valence-corrected chi connectivity index (χ1v) is 11.0. The normalized spacial score (nSPS) is 16.2. The van der Waals surface area contributed by atoms with Gasteiger partial charge < -0.3 is 10.1 Å². The lowest BCUT2D eigenvalue weighted by Crippen LogP contribution is -2.33. The Morgan fingerprint density at radius 3 is 3.03 bits per heavy atom. The SMILES string of the molecule is CCOc1ccc2nc(N3CC(C(=O)NCCCc4ccccn4)CC3=O)sc2c1. The first kappa shape index (κ1) is 20.3. The Balaban J connectivity index is 1.33. The molecule has 0 saturated carbocycles. The minimum Gasteiger partial charge on any atom is -0.494 e. The molecule has 2 amide bonds. The first-order valence-electron chi connectivity index (χ1n) is 10.2. The first-order chi connectivity index (χ1) is 14.6. The topological polar surface area (TPSA) is 84.4 Å². The standard InChI is InChI=1S/C22H24N4O3S/c1-2-29-17-8-9-18-19(13-17)30-22(25-18)26-14-15(12-20(26)27)21(28)24-11-5-7-16-6-3-4-10-23-16/h3-4,6,8-10,13,15H,2,5,7,11-12,14H2,1H3,(H,24,28). The van der Waals surface area contributed by atoms with Crippen LogP contribution in [0.5, 0.6) is 5.75 Å².